The first-order valence-electron chi connectivity index (χ1n) is 6.88. The van der Waals surface area contributed by atoms with Crippen molar-refractivity contribution in [1.29, 1.82) is 0 Å². The van der Waals surface area contributed by atoms with Crippen LogP contribution in [0.5, 0.6) is 0 Å². The van der Waals surface area contributed by atoms with Gasteiger partial charge in [0.1, 0.15) is 0 Å². The normalized spacial score (nSPS) is 20.0. The molecule has 0 bridgehead atoms. The van der Waals surface area contributed by atoms with Gasteiger partial charge < -0.3 is 5.73 Å². The zero-order valence-corrected chi connectivity index (χ0v) is 12.6. The summed E-state index contributed by atoms with van der Waals surface area (Å²) in [6.45, 7) is 0.670. The summed E-state index contributed by atoms with van der Waals surface area (Å²) in [6.07, 6.45) is 8.12. The van der Waals surface area contributed by atoms with Gasteiger partial charge in [-0.2, -0.15) is 0 Å². The molecule has 1 aliphatic carbocycles. The molecule has 1 atom stereocenters. The summed E-state index contributed by atoms with van der Waals surface area (Å²) in [5.74, 6) is 0. The number of rotatable bonds is 4. The van der Waals surface area contributed by atoms with Crippen LogP contribution in [0.2, 0.25) is 5.02 Å². The summed E-state index contributed by atoms with van der Waals surface area (Å²) in [5, 5.41) is 2.84. The molecule has 2 rings (SSSR count). The second-order valence-corrected chi connectivity index (χ2v) is 6.61. The van der Waals surface area contributed by atoms with Crippen LogP contribution in [0, 0.1) is 0 Å². The number of hydrogen-bond acceptors (Lipinski definition) is 3. The summed E-state index contributed by atoms with van der Waals surface area (Å²) < 4.78 is 0. The first-order valence-corrected chi connectivity index (χ1v) is 8.14. The molecule has 102 valence electrons. The molecule has 1 unspecified atom stereocenters. The van der Waals surface area contributed by atoms with Gasteiger partial charge in [-0.3, -0.25) is 4.90 Å². The smallest absolute Gasteiger partial charge is 0.0564 e. The van der Waals surface area contributed by atoms with Crippen LogP contribution >= 0.6 is 22.9 Å². The third kappa shape index (κ3) is 3.47. The van der Waals surface area contributed by atoms with E-state index >= 15 is 0 Å². The fourth-order valence-corrected chi connectivity index (χ4v) is 4.15. The molecule has 4 heteroatoms. The van der Waals surface area contributed by atoms with Gasteiger partial charge in [-0.15, -0.1) is 11.3 Å². The van der Waals surface area contributed by atoms with E-state index in [9.17, 15) is 0 Å². The van der Waals surface area contributed by atoms with E-state index in [4.69, 9.17) is 17.3 Å². The number of thiophene rings is 1. The van der Waals surface area contributed by atoms with E-state index in [1.54, 1.807) is 11.3 Å². The highest BCUT2D eigenvalue weighted by molar-refractivity contribution is 7.10. The molecule has 0 aliphatic heterocycles. The molecule has 0 aromatic carbocycles. The fourth-order valence-electron chi connectivity index (χ4n) is 2.91. The molecule has 2 N–H and O–H groups in total. The minimum atomic E-state index is 0.325. The van der Waals surface area contributed by atoms with Crippen LogP contribution in [0.25, 0.3) is 0 Å². The number of likely N-dealkylation sites (N-methyl/N-ethyl adjacent to an activating group) is 1. The van der Waals surface area contributed by atoms with Gasteiger partial charge >= 0.3 is 0 Å². The fraction of sp³-hybridized carbons (Fsp3) is 0.714. The standard InChI is InChI=1S/C14H23ClN2S/c1-17(12-6-4-2-3-5-7-12)13(9-16)14-8-11(15)10-18-14/h8,10,12-13H,2-7,9,16H2,1H3. The Kier molecular flexibility index (Phi) is 5.49. The van der Waals surface area contributed by atoms with E-state index in [1.807, 2.05) is 5.38 Å². The largest absolute Gasteiger partial charge is 0.329 e. The van der Waals surface area contributed by atoms with Crippen LogP contribution in [0.3, 0.4) is 0 Å². The second-order valence-electron chi connectivity index (χ2n) is 5.23. The van der Waals surface area contributed by atoms with Gasteiger partial charge in [0, 0.05) is 22.8 Å². The summed E-state index contributed by atoms with van der Waals surface area (Å²) in [5.41, 5.74) is 5.98. The predicted molar refractivity (Wildman–Crippen MR) is 80.4 cm³/mol. The van der Waals surface area contributed by atoms with Crippen molar-refractivity contribution in [3.63, 3.8) is 0 Å². The average molecular weight is 287 g/mol. The Morgan fingerprint density at radius 1 is 1.39 bits per heavy atom. The molecule has 1 saturated carbocycles. The van der Waals surface area contributed by atoms with Crippen LogP contribution in [0.4, 0.5) is 0 Å². The Bertz CT molecular complexity index is 358. The summed E-state index contributed by atoms with van der Waals surface area (Å²) in [4.78, 5) is 3.78. The third-order valence-electron chi connectivity index (χ3n) is 4.03. The second kappa shape index (κ2) is 6.90. The third-order valence-corrected chi connectivity index (χ3v) is 5.41. The molecule has 1 aromatic heterocycles. The van der Waals surface area contributed by atoms with Crippen molar-refractivity contribution in [2.75, 3.05) is 13.6 Å². The zero-order chi connectivity index (χ0) is 13.0. The minimum Gasteiger partial charge on any atom is -0.329 e. The van der Waals surface area contributed by atoms with Crippen LogP contribution in [-0.4, -0.2) is 24.5 Å². The van der Waals surface area contributed by atoms with E-state index in [0.29, 0.717) is 18.6 Å². The average Bonchev–Trinajstić information content (AvgIpc) is 2.65. The lowest BCUT2D eigenvalue weighted by Gasteiger charge is -2.33. The summed E-state index contributed by atoms with van der Waals surface area (Å²) in [7, 11) is 2.22. The van der Waals surface area contributed by atoms with Crippen LogP contribution in [0.15, 0.2) is 11.4 Å². The monoisotopic (exact) mass is 286 g/mol. The highest BCUT2D eigenvalue weighted by Crippen LogP contribution is 2.32. The van der Waals surface area contributed by atoms with Crippen molar-refractivity contribution in [3.05, 3.63) is 21.3 Å². The molecule has 0 saturated heterocycles. The SMILES string of the molecule is CN(C1CCCCCC1)C(CN)c1cc(Cl)cs1. The molecular formula is C14H23ClN2S. The van der Waals surface area contributed by atoms with Gasteiger partial charge in [-0.25, -0.2) is 0 Å². The van der Waals surface area contributed by atoms with Crippen molar-refractivity contribution in [2.24, 2.45) is 5.73 Å². The molecular weight excluding hydrogens is 264 g/mol. The molecule has 18 heavy (non-hydrogen) atoms. The zero-order valence-electron chi connectivity index (χ0n) is 11.1. The molecule has 0 radical (unpaired) electrons. The van der Waals surface area contributed by atoms with Gasteiger partial charge in [-0.05, 0) is 26.0 Å². The van der Waals surface area contributed by atoms with Crippen LogP contribution in [-0.2, 0) is 0 Å². The Labute approximate surface area is 119 Å². The molecule has 1 fully saturated rings. The minimum absolute atomic E-state index is 0.325. The van der Waals surface area contributed by atoms with Crippen molar-refractivity contribution in [1.82, 2.24) is 4.90 Å². The summed E-state index contributed by atoms with van der Waals surface area (Å²) >= 11 is 7.76. The van der Waals surface area contributed by atoms with Gasteiger partial charge in [-0.1, -0.05) is 37.3 Å². The maximum Gasteiger partial charge on any atom is 0.0564 e. The Hall–Kier alpha value is -0.0900. The number of nitrogens with two attached hydrogens (primary N) is 1. The Balaban J connectivity index is 2.06. The molecule has 0 spiro atoms. The van der Waals surface area contributed by atoms with Crippen molar-refractivity contribution in [3.8, 4) is 0 Å². The van der Waals surface area contributed by atoms with E-state index in [0.717, 1.165) is 5.02 Å². The highest BCUT2D eigenvalue weighted by atomic mass is 35.5. The topological polar surface area (TPSA) is 29.3 Å². The molecule has 0 amide bonds. The quantitative estimate of drug-likeness (QED) is 0.846. The molecule has 1 aromatic rings. The van der Waals surface area contributed by atoms with E-state index in [1.165, 1.54) is 43.4 Å². The Morgan fingerprint density at radius 2 is 2.06 bits per heavy atom. The molecule has 1 heterocycles. The molecule has 1 aliphatic rings. The number of halogens is 1. The van der Waals surface area contributed by atoms with Crippen molar-refractivity contribution < 1.29 is 0 Å². The molecule has 2 nitrogen and oxygen atoms in total. The Morgan fingerprint density at radius 3 is 2.56 bits per heavy atom. The van der Waals surface area contributed by atoms with Crippen molar-refractivity contribution in [2.45, 2.75) is 50.6 Å². The number of nitrogens with zero attached hydrogens (tertiary/aromatic N) is 1. The lowest BCUT2D eigenvalue weighted by molar-refractivity contribution is 0.163. The first kappa shape index (κ1) is 14.3. The highest BCUT2D eigenvalue weighted by Gasteiger charge is 2.24. The maximum absolute atomic E-state index is 6.03. The lowest BCUT2D eigenvalue weighted by atomic mass is 10.0. The van der Waals surface area contributed by atoms with E-state index < -0.39 is 0 Å². The van der Waals surface area contributed by atoms with Gasteiger partial charge in [0.15, 0.2) is 0 Å². The van der Waals surface area contributed by atoms with E-state index in [-0.39, 0.29) is 0 Å². The van der Waals surface area contributed by atoms with Crippen molar-refractivity contribution >= 4 is 22.9 Å². The predicted octanol–water partition coefficient (Wildman–Crippen LogP) is 4.06. The van der Waals surface area contributed by atoms with Crippen LogP contribution < -0.4 is 5.73 Å². The lowest BCUT2D eigenvalue weighted by Crippen LogP contribution is -2.38. The maximum atomic E-state index is 6.03. The van der Waals surface area contributed by atoms with Gasteiger partial charge in [0.25, 0.3) is 0 Å². The van der Waals surface area contributed by atoms with Crippen LogP contribution in [0.1, 0.15) is 49.4 Å². The first-order chi connectivity index (χ1) is 8.72. The summed E-state index contributed by atoms with van der Waals surface area (Å²) in [6, 6.07) is 3.07. The van der Waals surface area contributed by atoms with Gasteiger partial charge in [0.05, 0.1) is 11.1 Å². The van der Waals surface area contributed by atoms with E-state index in [2.05, 4.69) is 18.0 Å². The number of hydrogen-bond donors (Lipinski definition) is 1. The van der Waals surface area contributed by atoms with Gasteiger partial charge in [0.2, 0.25) is 0 Å².